The molecule has 0 amide bonds. The summed E-state index contributed by atoms with van der Waals surface area (Å²) in [7, 11) is 1.65. The van der Waals surface area contributed by atoms with Gasteiger partial charge in [0.15, 0.2) is 0 Å². The summed E-state index contributed by atoms with van der Waals surface area (Å²) in [6.45, 7) is 0.641. The molecule has 1 fully saturated rings. The van der Waals surface area contributed by atoms with E-state index in [9.17, 15) is 10.2 Å². The Bertz CT molecular complexity index is 614. The maximum Gasteiger partial charge on any atom is 0.118 e. The van der Waals surface area contributed by atoms with E-state index < -0.39 is 12.2 Å². The van der Waals surface area contributed by atoms with Gasteiger partial charge in [-0.3, -0.25) is 0 Å². The highest BCUT2D eigenvalue weighted by Crippen LogP contribution is 2.35. The largest absolute Gasteiger partial charge is 0.497 e. The molecule has 23 heavy (non-hydrogen) atoms. The Balaban J connectivity index is 1.70. The normalized spacial score (nSPS) is 27.1. The number of ether oxygens (including phenoxy) is 1. The van der Waals surface area contributed by atoms with Crippen molar-refractivity contribution < 1.29 is 14.9 Å². The first-order valence-corrected chi connectivity index (χ1v) is 7.96. The zero-order valence-electron chi connectivity index (χ0n) is 13.2. The van der Waals surface area contributed by atoms with Crippen LogP contribution in [0.25, 0.3) is 0 Å². The standard InChI is InChI=1S/C19H23NO3/c1-23-15-9-7-13(8-10-15)12-20-18-16(11-17(21)19(18)22)14-5-3-2-4-6-14/h2-10,16-22H,11-12H2,1H3/t16-,17-,18-,19-/m1/s1. The highest BCUT2D eigenvalue weighted by atomic mass is 16.5. The molecular formula is C19H23NO3. The Morgan fingerprint density at radius 3 is 2.39 bits per heavy atom. The van der Waals surface area contributed by atoms with E-state index in [1.165, 1.54) is 0 Å². The Kier molecular flexibility index (Phi) is 4.96. The van der Waals surface area contributed by atoms with Crippen LogP contribution in [0.1, 0.15) is 23.5 Å². The van der Waals surface area contributed by atoms with Crippen LogP contribution in [-0.4, -0.2) is 35.6 Å². The van der Waals surface area contributed by atoms with Crippen molar-refractivity contribution in [1.82, 2.24) is 5.32 Å². The summed E-state index contributed by atoms with van der Waals surface area (Å²) in [5.41, 5.74) is 2.27. The fraction of sp³-hybridized carbons (Fsp3) is 0.368. The van der Waals surface area contributed by atoms with Crippen LogP contribution in [0.2, 0.25) is 0 Å². The third kappa shape index (κ3) is 3.55. The average Bonchev–Trinajstić information content (AvgIpc) is 2.89. The number of methoxy groups -OCH3 is 1. The molecule has 0 aromatic heterocycles. The second kappa shape index (κ2) is 7.13. The van der Waals surface area contributed by atoms with Crippen LogP contribution < -0.4 is 10.1 Å². The van der Waals surface area contributed by atoms with Gasteiger partial charge >= 0.3 is 0 Å². The molecule has 4 heteroatoms. The summed E-state index contributed by atoms with van der Waals surface area (Å²) >= 11 is 0. The van der Waals surface area contributed by atoms with Crippen LogP contribution in [0, 0.1) is 0 Å². The Labute approximate surface area is 136 Å². The molecule has 2 aromatic rings. The molecule has 3 rings (SSSR count). The smallest absolute Gasteiger partial charge is 0.118 e. The van der Waals surface area contributed by atoms with Crippen molar-refractivity contribution in [3.05, 3.63) is 65.7 Å². The number of rotatable bonds is 5. The molecule has 0 radical (unpaired) electrons. The molecule has 0 heterocycles. The lowest BCUT2D eigenvalue weighted by Crippen LogP contribution is -2.41. The van der Waals surface area contributed by atoms with E-state index in [-0.39, 0.29) is 12.0 Å². The first-order chi connectivity index (χ1) is 11.2. The fourth-order valence-electron chi connectivity index (χ4n) is 3.31. The quantitative estimate of drug-likeness (QED) is 0.791. The van der Waals surface area contributed by atoms with E-state index in [4.69, 9.17) is 4.74 Å². The zero-order valence-corrected chi connectivity index (χ0v) is 13.2. The Morgan fingerprint density at radius 2 is 1.74 bits per heavy atom. The molecule has 4 atom stereocenters. The molecule has 122 valence electrons. The second-order valence-electron chi connectivity index (χ2n) is 6.07. The maximum atomic E-state index is 10.3. The van der Waals surface area contributed by atoms with Gasteiger partial charge in [0.2, 0.25) is 0 Å². The van der Waals surface area contributed by atoms with E-state index in [1.54, 1.807) is 7.11 Å². The van der Waals surface area contributed by atoms with Gasteiger partial charge in [0.1, 0.15) is 5.75 Å². The van der Waals surface area contributed by atoms with Gasteiger partial charge in [-0.05, 0) is 29.7 Å². The molecule has 0 aliphatic heterocycles. The van der Waals surface area contributed by atoms with E-state index >= 15 is 0 Å². The van der Waals surface area contributed by atoms with Gasteiger partial charge in [0.05, 0.1) is 19.3 Å². The molecule has 2 aromatic carbocycles. The Hall–Kier alpha value is -1.88. The monoisotopic (exact) mass is 313 g/mol. The molecule has 1 aliphatic rings. The van der Waals surface area contributed by atoms with Crippen molar-refractivity contribution in [2.45, 2.75) is 37.1 Å². The van der Waals surface area contributed by atoms with Crippen LogP contribution in [0.4, 0.5) is 0 Å². The molecule has 0 saturated heterocycles. The summed E-state index contributed by atoms with van der Waals surface area (Å²) in [5.74, 6) is 0.937. The highest BCUT2D eigenvalue weighted by molar-refractivity contribution is 5.28. The van der Waals surface area contributed by atoms with E-state index in [0.717, 1.165) is 16.9 Å². The third-order valence-electron chi connectivity index (χ3n) is 4.62. The number of aliphatic hydroxyl groups is 2. The zero-order chi connectivity index (χ0) is 16.2. The molecule has 0 spiro atoms. The van der Waals surface area contributed by atoms with Crippen LogP contribution in [0.15, 0.2) is 54.6 Å². The minimum absolute atomic E-state index is 0.111. The lowest BCUT2D eigenvalue weighted by atomic mass is 9.93. The lowest BCUT2D eigenvalue weighted by Gasteiger charge is -2.24. The van der Waals surface area contributed by atoms with Crippen LogP contribution in [-0.2, 0) is 6.54 Å². The van der Waals surface area contributed by atoms with Crippen molar-refractivity contribution in [3.8, 4) is 5.75 Å². The summed E-state index contributed by atoms with van der Waals surface area (Å²) in [6.07, 6.45) is -0.863. The van der Waals surface area contributed by atoms with E-state index in [1.807, 2.05) is 42.5 Å². The number of hydrogen-bond acceptors (Lipinski definition) is 4. The number of hydrogen-bond donors (Lipinski definition) is 3. The lowest BCUT2D eigenvalue weighted by molar-refractivity contribution is 0.0297. The Morgan fingerprint density at radius 1 is 1.04 bits per heavy atom. The molecule has 0 unspecified atom stereocenters. The fourth-order valence-corrected chi connectivity index (χ4v) is 3.31. The van der Waals surface area contributed by atoms with Gasteiger partial charge in [-0.2, -0.15) is 0 Å². The number of benzene rings is 2. The highest BCUT2D eigenvalue weighted by Gasteiger charge is 2.41. The molecule has 1 aliphatic carbocycles. The molecular weight excluding hydrogens is 290 g/mol. The topological polar surface area (TPSA) is 61.7 Å². The van der Waals surface area contributed by atoms with Crippen LogP contribution in [0.3, 0.4) is 0 Å². The minimum atomic E-state index is -0.751. The van der Waals surface area contributed by atoms with E-state index in [0.29, 0.717) is 13.0 Å². The van der Waals surface area contributed by atoms with Crippen molar-refractivity contribution >= 4 is 0 Å². The first-order valence-electron chi connectivity index (χ1n) is 7.96. The first kappa shape index (κ1) is 16.0. The predicted molar refractivity (Wildman–Crippen MR) is 89.4 cm³/mol. The number of aliphatic hydroxyl groups excluding tert-OH is 2. The average molecular weight is 313 g/mol. The van der Waals surface area contributed by atoms with Crippen molar-refractivity contribution in [3.63, 3.8) is 0 Å². The van der Waals surface area contributed by atoms with Gasteiger partial charge in [-0.1, -0.05) is 42.5 Å². The van der Waals surface area contributed by atoms with Gasteiger partial charge in [-0.15, -0.1) is 0 Å². The van der Waals surface area contributed by atoms with Gasteiger partial charge in [0.25, 0.3) is 0 Å². The predicted octanol–water partition coefficient (Wildman–Crippen LogP) is 2.06. The minimum Gasteiger partial charge on any atom is -0.497 e. The van der Waals surface area contributed by atoms with Crippen molar-refractivity contribution in [2.75, 3.05) is 7.11 Å². The van der Waals surface area contributed by atoms with Crippen LogP contribution in [0.5, 0.6) is 5.75 Å². The summed E-state index contributed by atoms with van der Waals surface area (Å²) in [6, 6.07) is 17.8. The van der Waals surface area contributed by atoms with Crippen molar-refractivity contribution in [2.24, 2.45) is 0 Å². The number of nitrogens with one attached hydrogen (secondary N) is 1. The van der Waals surface area contributed by atoms with Crippen molar-refractivity contribution in [1.29, 1.82) is 0 Å². The molecule has 4 nitrogen and oxygen atoms in total. The van der Waals surface area contributed by atoms with Gasteiger partial charge in [0, 0.05) is 18.5 Å². The summed E-state index contributed by atoms with van der Waals surface area (Å²) < 4.78 is 5.16. The second-order valence-corrected chi connectivity index (χ2v) is 6.07. The van der Waals surface area contributed by atoms with E-state index in [2.05, 4.69) is 17.4 Å². The van der Waals surface area contributed by atoms with Gasteiger partial charge < -0.3 is 20.3 Å². The SMILES string of the molecule is COc1ccc(CN[C@H]2[C@H](O)[C@H](O)C[C@@H]2c2ccccc2)cc1. The molecule has 0 bridgehead atoms. The van der Waals surface area contributed by atoms with Crippen LogP contribution >= 0.6 is 0 Å². The molecule has 1 saturated carbocycles. The summed E-state index contributed by atoms with van der Waals surface area (Å²) in [4.78, 5) is 0. The van der Waals surface area contributed by atoms with Gasteiger partial charge in [-0.25, -0.2) is 0 Å². The summed E-state index contributed by atoms with van der Waals surface area (Å²) in [5, 5.41) is 23.8. The maximum absolute atomic E-state index is 10.3. The molecule has 3 N–H and O–H groups in total. The third-order valence-corrected chi connectivity index (χ3v) is 4.62.